The van der Waals surface area contributed by atoms with E-state index in [2.05, 4.69) is 21.2 Å². The molecule has 0 unspecified atom stereocenters. The molecule has 2 amide bonds. The van der Waals surface area contributed by atoms with Gasteiger partial charge in [-0.15, -0.1) is 0 Å². The topological polar surface area (TPSA) is 38.8 Å². The van der Waals surface area contributed by atoms with Crippen molar-refractivity contribution in [3.63, 3.8) is 0 Å². The summed E-state index contributed by atoms with van der Waals surface area (Å²) in [5.41, 5.74) is 1.07. The van der Waals surface area contributed by atoms with Gasteiger partial charge in [-0.3, -0.25) is 9.21 Å². The van der Waals surface area contributed by atoms with Crippen molar-refractivity contribution in [1.82, 2.24) is 14.5 Å². The average molecular weight is 566 g/mol. The van der Waals surface area contributed by atoms with Crippen LogP contribution in [0.5, 0.6) is 0 Å². The third-order valence-corrected chi connectivity index (χ3v) is 11.7. The normalized spacial score (nSPS) is 35.5. The molecule has 5 nitrogen and oxygen atoms in total. The minimum absolute atomic E-state index is 0.0152. The Morgan fingerprint density at radius 3 is 2.22 bits per heavy atom. The van der Waals surface area contributed by atoms with Crippen molar-refractivity contribution in [1.29, 1.82) is 0 Å². The Bertz CT molecular complexity index is 941. The van der Waals surface area contributed by atoms with E-state index in [0.717, 1.165) is 74.9 Å². The van der Waals surface area contributed by atoms with Crippen LogP contribution < -0.4 is 10.2 Å². The smallest absolute Gasteiger partial charge is 0.327 e. The Labute approximate surface area is 238 Å². The zero-order valence-corrected chi connectivity index (χ0v) is 24.3. The van der Waals surface area contributed by atoms with Crippen LogP contribution in [0.25, 0.3) is 0 Å². The summed E-state index contributed by atoms with van der Waals surface area (Å²) in [6.45, 7) is 5.27. The number of nitrogens with one attached hydrogen (secondary N) is 1. The molecule has 1 saturated heterocycles. The van der Waals surface area contributed by atoms with Gasteiger partial charge >= 0.3 is 6.03 Å². The SMILES string of the molecule is O=C(NC1CCC(CCN2CCN(c3cccc(Cl)c3Cl)CC2)CC1)N(S)C12CC3CC(CC(C3)C1)C2. The van der Waals surface area contributed by atoms with Crippen molar-refractivity contribution in [2.75, 3.05) is 37.6 Å². The molecule has 0 spiro atoms. The number of hydrogen-bond donors (Lipinski definition) is 2. The van der Waals surface area contributed by atoms with Crippen molar-refractivity contribution in [3.05, 3.63) is 28.2 Å². The molecule has 1 N–H and O–H groups in total. The summed E-state index contributed by atoms with van der Waals surface area (Å²) in [4.78, 5) is 18.2. The molecular weight excluding hydrogens is 523 g/mol. The molecule has 204 valence electrons. The van der Waals surface area contributed by atoms with Gasteiger partial charge in [0.05, 0.1) is 21.3 Å². The summed E-state index contributed by atoms with van der Waals surface area (Å²) in [6, 6.07) is 6.26. The maximum absolute atomic E-state index is 13.2. The first-order chi connectivity index (χ1) is 17.9. The molecule has 4 bridgehead atoms. The second-order valence-corrected chi connectivity index (χ2v) is 14.0. The van der Waals surface area contributed by atoms with E-state index in [1.54, 1.807) is 0 Å². The lowest BCUT2D eigenvalue weighted by Crippen LogP contribution is -2.60. The lowest BCUT2D eigenvalue weighted by atomic mass is 9.53. The first kappa shape index (κ1) is 26.4. The molecule has 0 radical (unpaired) electrons. The monoisotopic (exact) mass is 564 g/mol. The summed E-state index contributed by atoms with van der Waals surface area (Å²) in [5.74, 6) is 3.23. The highest BCUT2D eigenvalue weighted by Gasteiger charge is 2.54. The first-order valence-electron chi connectivity index (χ1n) is 14.6. The van der Waals surface area contributed by atoms with Gasteiger partial charge in [0.1, 0.15) is 0 Å². The molecule has 8 heteroatoms. The number of carbonyl (C=O) groups excluding carboxylic acids is 1. The second-order valence-electron chi connectivity index (χ2n) is 12.8. The van der Waals surface area contributed by atoms with Crippen LogP contribution in [0.2, 0.25) is 10.0 Å². The van der Waals surface area contributed by atoms with Crippen LogP contribution in [-0.4, -0.2) is 59.5 Å². The summed E-state index contributed by atoms with van der Waals surface area (Å²) in [7, 11) is 0. The van der Waals surface area contributed by atoms with E-state index in [4.69, 9.17) is 36.0 Å². The molecule has 0 aromatic heterocycles. The van der Waals surface area contributed by atoms with E-state index in [9.17, 15) is 4.79 Å². The number of urea groups is 1. The molecule has 5 saturated carbocycles. The van der Waals surface area contributed by atoms with Crippen molar-refractivity contribution < 1.29 is 4.79 Å². The average Bonchev–Trinajstić information content (AvgIpc) is 2.89. The number of rotatable bonds is 6. The highest BCUT2D eigenvalue weighted by atomic mass is 35.5. The predicted molar refractivity (Wildman–Crippen MR) is 156 cm³/mol. The lowest BCUT2D eigenvalue weighted by Gasteiger charge is -2.59. The van der Waals surface area contributed by atoms with Crippen molar-refractivity contribution in [2.45, 2.75) is 82.2 Å². The van der Waals surface area contributed by atoms with E-state index in [1.807, 2.05) is 16.4 Å². The highest BCUT2D eigenvalue weighted by molar-refractivity contribution is 7.78. The number of carbonyl (C=O) groups is 1. The van der Waals surface area contributed by atoms with Crippen LogP contribution in [0.4, 0.5) is 10.5 Å². The number of benzene rings is 1. The molecule has 1 aliphatic heterocycles. The standard InChI is InChI=1S/C29H42Cl2N4OS/c30-25-2-1-3-26(27(25)31)34-12-10-33(11-13-34)9-8-20-4-6-24(7-5-20)32-28(36)35(37)29-17-21-14-22(18-29)16-23(15-21)19-29/h1-3,20-24,37H,4-19H2,(H,32,36). The fraction of sp³-hybridized carbons (Fsp3) is 0.759. The zero-order valence-electron chi connectivity index (χ0n) is 21.9. The minimum Gasteiger partial charge on any atom is -0.368 e. The molecule has 6 fully saturated rings. The van der Waals surface area contributed by atoms with Gasteiger partial charge in [0.25, 0.3) is 0 Å². The maximum Gasteiger partial charge on any atom is 0.327 e. The number of amides is 2. The van der Waals surface area contributed by atoms with E-state index in [0.29, 0.717) is 16.1 Å². The fourth-order valence-corrected chi connectivity index (χ4v) is 9.40. The molecule has 1 heterocycles. The Kier molecular flexibility index (Phi) is 7.84. The van der Waals surface area contributed by atoms with Crippen molar-refractivity contribution in [2.24, 2.45) is 23.7 Å². The number of hydrogen-bond acceptors (Lipinski definition) is 4. The van der Waals surface area contributed by atoms with Gasteiger partial charge in [0.2, 0.25) is 0 Å². The van der Waals surface area contributed by atoms with Gasteiger partial charge in [-0.1, -0.05) is 42.1 Å². The number of thiol groups is 1. The molecule has 0 atom stereocenters. The summed E-state index contributed by atoms with van der Waals surface area (Å²) in [5, 5.41) is 4.67. The van der Waals surface area contributed by atoms with E-state index in [1.165, 1.54) is 57.8 Å². The first-order valence-corrected chi connectivity index (χ1v) is 15.7. The van der Waals surface area contributed by atoms with Crippen LogP contribution in [0.15, 0.2) is 18.2 Å². The Morgan fingerprint density at radius 2 is 1.59 bits per heavy atom. The Morgan fingerprint density at radius 1 is 0.973 bits per heavy atom. The minimum atomic E-state index is 0.0152. The van der Waals surface area contributed by atoms with Gasteiger partial charge in [-0.05, 0) is 113 Å². The Hall–Kier alpha value is -0.820. The third kappa shape index (κ3) is 5.60. The molecule has 6 aliphatic rings. The molecule has 1 aromatic carbocycles. The van der Waals surface area contributed by atoms with E-state index in [-0.39, 0.29) is 11.6 Å². The maximum atomic E-state index is 13.2. The van der Waals surface area contributed by atoms with Crippen LogP contribution >= 0.6 is 36.0 Å². The Balaban J connectivity index is 0.913. The number of nitrogens with zero attached hydrogens (tertiary/aromatic N) is 3. The molecule has 5 aliphatic carbocycles. The van der Waals surface area contributed by atoms with E-state index >= 15 is 0 Å². The van der Waals surface area contributed by atoms with Crippen molar-refractivity contribution >= 4 is 47.7 Å². The largest absolute Gasteiger partial charge is 0.368 e. The van der Waals surface area contributed by atoms with Gasteiger partial charge in [-0.25, -0.2) is 4.79 Å². The van der Waals surface area contributed by atoms with Crippen LogP contribution in [-0.2, 0) is 0 Å². The van der Waals surface area contributed by atoms with E-state index < -0.39 is 0 Å². The quantitative estimate of drug-likeness (QED) is 0.369. The number of halogens is 2. The third-order valence-electron chi connectivity index (χ3n) is 10.3. The van der Waals surface area contributed by atoms with Crippen LogP contribution in [0.1, 0.15) is 70.6 Å². The predicted octanol–water partition coefficient (Wildman–Crippen LogP) is 6.89. The molecule has 1 aromatic rings. The van der Waals surface area contributed by atoms with Gasteiger partial charge < -0.3 is 10.2 Å². The van der Waals surface area contributed by atoms with Crippen LogP contribution in [0, 0.1) is 23.7 Å². The lowest BCUT2D eigenvalue weighted by molar-refractivity contribution is -0.0411. The van der Waals surface area contributed by atoms with Crippen molar-refractivity contribution in [3.8, 4) is 0 Å². The number of anilines is 1. The fourth-order valence-electron chi connectivity index (χ4n) is 8.69. The summed E-state index contributed by atoms with van der Waals surface area (Å²) in [6.07, 6.45) is 13.6. The highest BCUT2D eigenvalue weighted by Crippen LogP contribution is 2.58. The van der Waals surface area contributed by atoms with Gasteiger partial charge in [0.15, 0.2) is 0 Å². The van der Waals surface area contributed by atoms with Gasteiger partial charge in [-0.2, -0.15) is 0 Å². The summed E-state index contributed by atoms with van der Waals surface area (Å²) < 4.78 is 1.85. The molecule has 7 rings (SSSR count). The molecule has 37 heavy (non-hydrogen) atoms. The number of piperazine rings is 1. The second kappa shape index (κ2) is 11.0. The summed E-state index contributed by atoms with van der Waals surface area (Å²) >= 11 is 17.5. The zero-order chi connectivity index (χ0) is 25.6. The molecular formula is C29H42Cl2N4OS. The van der Waals surface area contributed by atoms with Crippen LogP contribution in [0.3, 0.4) is 0 Å². The van der Waals surface area contributed by atoms with Gasteiger partial charge in [0, 0.05) is 32.2 Å².